The molecule has 0 bridgehead atoms. The molecule has 5 nitrogen and oxygen atoms in total. The van der Waals surface area contributed by atoms with Crippen molar-refractivity contribution < 1.29 is 12.6 Å². The molecule has 0 amide bonds. The number of rotatable bonds is 6. The molecule has 1 N–H and O–H groups in total. The SMILES string of the molecule is CS(=O)(=O)OCCC1=CN(Cc2ccccc2)NC1. The summed E-state index contributed by atoms with van der Waals surface area (Å²) in [6.07, 6.45) is 3.69. The second-order valence-corrected chi connectivity index (χ2v) is 6.16. The van der Waals surface area contributed by atoms with Crippen LogP contribution >= 0.6 is 0 Å². The van der Waals surface area contributed by atoms with Crippen molar-refractivity contribution in [3.8, 4) is 0 Å². The molecule has 0 spiro atoms. The van der Waals surface area contributed by atoms with Crippen molar-refractivity contribution in [2.75, 3.05) is 19.4 Å². The van der Waals surface area contributed by atoms with Crippen molar-refractivity contribution in [3.05, 3.63) is 47.7 Å². The third-order valence-electron chi connectivity index (χ3n) is 2.76. The first-order chi connectivity index (χ1) is 9.03. The van der Waals surface area contributed by atoms with Crippen molar-refractivity contribution in [2.45, 2.75) is 13.0 Å². The van der Waals surface area contributed by atoms with E-state index in [1.165, 1.54) is 5.56 Å². The topological polar surface area (TPSA) is 58.6 Å². The summed E-state index contributed by atoms with van der Waals surface area (Å²) in [7, 11) is -3.34. The maximum atomic E-state index is 10.8. The van der Waals surface area contributed by atoms with Crippen LogP contribution in [0.4, 0.5) is 0 Å². The average molecular weight is 282 g/mol. The molecule has 19 heavy (non-hydrogen) atoms. The molecule has 0 aliphatic carbocycles. The lowest BCUT2D eigenvalue weighted by molar-refractivity contribution is 0.298. The van der Waals surface area contributed by atoms with Gasteiger partial charge in [0, 0.05) is 12.7 Å². The van der Waals surface area contributed by atoms with Gasteiger partial charge in [-0.15, -0.1) is 0 Å². The van der Waals surface area contributed by atoms with Gasteiger partial charge in [-0.05, 0) is 17.6 Å². The van der Waals surface area contributed by atoms with Crippen LogP contribution in [0.2, 0.25) is 0 Å². The quantitative estimate of drug-likeness (QED) is 0.796. The van der Waals surface area contributed by atoms with Gasteiger partial charge in [0.05, 0.1) is 19.4 Å². The molecular weight excluding hydrogens is 264 g/mol. The summed E-state index contributed by atoms with van der Waals surface area (Å²) in [5, 5.41) is 2.01. The van der Waals surface area contributed by atoms with Gasteiger partial charge in [-0.2, -0.15) is 8.42 Å². The summed E-state index contributed by atoms with van der Waals surface area (Å²) in [6.45, 7) is 1.72. The molecule has 0 atom stereocenters. The van der Waals surface area contributed by atoms with E-state index < -0.39 is 10.1 Å². The lowest BCUT2D eigenvalue weighted by Gasteiger charge is -2.15. The van der Waals surface area contributed by atoms with E-state index >= 15 is 0 Å². The molecule has 1 heterocycles. The second-order valence-electron chi connectivity index (χ2n) is 4.51. The minimum atomic E-state index is -3.34. The lowest BCUT2D eigenvalue weighted by atomic mass is 10.2. The number of nitrogens with zero attached hydrogens (tertiary/aromatic N) is 1. The van der Waals surface area contributed by atoms with Crippen LogP contribution < -0.4 is 5.43 Å². The van der Waals surface area contributed by atoms with Crippen LogP contribution in [-0.4, -0.2) is 32.8 Å². The highest BCUT2D eigenvalue weighted by atomic mass is 32.2. The third kappa shape index (κ3) is 5.02. The van der Waals surface area contributed by atoms with E-state index in [0.29, 0.717) is 6.42 Å². The van der Waals surface area contributed by atoms with E-state index in [9.17, 15) is 8.42 Å². The molecule has 1 aromatic carbocycles. The van der Waals surface area contributed by atoms with Crippen LogP contribution in [-0.2, 0) is 20.8 Å². The van der Waals surface area contributed by atoms with Gasteiger partial charge < -0.3 is 5.01 Å². The number of benzene rings is 1. The van der Waals surface area contributed by atoms with E-state index in [2.05, 4.69) is 17.6 Å². The minimum absolute atomic E-state index is 0.200. The Balaban J connectivity index is 1.80. The molecule has 0 radical (unpaired) electrons. The monoisotopic (exact) mass is 282 g/mol. The highest BCUT2D eigenvalue weighted by Gasteiger charge is 2.12. The van der Waals surface area contributed by atoms with E-state index in [-0.39, 0.29) is 6.61 Å². The predicted octanol–water partition coefficient (Wildman–Crippen LogP) is 1.26. The predicted molar refractivity (Wildman–Crippen MR) is 73.5 cm³/mol. The van der Waals surface area contributed by atoms with Crippen LogP contribution in [0.25, 0.3) is 0 Å². The zero-order valence-corrected chi connectivity index (χ0v) is 11.7. The molecule has 0 saturated heterocycles. The Morgan fingerprint density at radius 2 is 2.05 bits per heavy atom. The zero-order valence-electron chi connectivity index (χ0n) is 10.9. The standard InChI is InChI=1S/C13H18N2O3S/c1-19(16,17)18-8-7-13-9-14-15(11-13)10-12-5-3-2-4-6-12/h2-6,11,14H,7-10H2,1H3. The first-order valence-electron chi connectivity index (χ1n) is 6.11. The fourth-order valence-corrected chi connectivity index (χ4v) is 2.26. The fourth-order valence-electron chi connectivity index (χ4n) is 1.87. The van der Waals surface area contributed by atoms with Gasteiger partial charge in [-0.25, -0.2) is 5.43 Å². The molecular formula is C13H18N2O3S. The van der Waals surface area contributed by atoms with Crippen LogP contribution in [0.15, 0.2) is 42.1 Å². The average Bonchev–Trinajstić information content (AvgIpc) is 2.76. The maximum absolute atomic E-state index is 10.8. The Bertz CT molecular complexity index is 540. The van der Waals surface area contributed by atoms with Gasteiger partial charge in [0.25, 0.3) is 10.1 Å². The van der Waals surface area contributed by atoms with Crippen LogP contribution in [0.5, 0.6) is 0 Å². The van der Waals surface area contributed by atoms with E-state index in [4.69, 9.17) is 4.18 Å². The summed E-state index contributed by atoms with van der Waals surface area (Å²) >= 11 is 0. The largest absolute Gasteiger partial charge is 0.311 e. The van der Waals surface area contributed by atoms with Gasteiger partial charge >= 0.3 is 0 Å². The van der Waals surface area contributed by atoms with Crippen molar-refractivity contribution in [2.24, 2.45) is 0 Å². The second kappa shape index (κ2) is 6.18. The highest BCUT2D eigenvalue weighted by Crippen LogP contribution is 2.12. The minimum Gasteiger partial charge on any atom is -0.311 e. The molecule has 0 unspecified atom stereocenters. The summed E-state index contributed by atoms with van der Waals surface area (Å²) in [4.78, 5) is 0. The van der Waals surface area contributed by atoms with Crippen molar-refractivity contribution >= 4 is 10.1 Å². The Kier molecular flexibility index (Phi) is 4.57. The Labute approximate surface area is 114 Å². The third-order valence-corrected chi connectivity index (χ3v) is 3.36. The Hall–Kier alpha value is -1.37. The maximum Gasteiger partial charge on any atom is 0.264 e. The van der Waals surface area contributed by atoms with Crippen LogP contribution in [0.3, 0.4) is 0 Å². The highest BCUT2D eigenvalue weighted by molar-refractivity contribution is 7.85. The smallest absolute Gasteiger partial charge is 0.264 e. The molecule has 0 aromatic heterocycles. The fraction of sp³-hybridized carbons (Fsp3) is 0.385. The number of hydrogen-bond donors (Lipinski definition) is 1. The summed E-state index contributed by atoms with van der Waals surface area (Å²) in [6, 6.07) is 10.2. The van der Waals surface area contributed by atoms with Crippen molar-refractivity contribution in [1.82, 2.24) is 10.4 Å². The molecule has 6 heteroatoms. The van der Waals surface area contributed by atoms with Gasteiger partial charge in [0.1, 0.15) is 0 Å². The van der Waals surface area contributed by atoms with E-state index in [1.807, 2.05) is 29.4 Å². The molecule has 1 aliphatic rings. The molecule has 1 aromatic rings. The molecule has 104 valence electrons. The molecule has 1 aliphatic heterocycles. The lowest BCUT2D eigenvalue weighted by Crippen LogP contribution is -2.28. The normalized spacial score (nSPS) is 15.6. The summed E-state index contributed by atoms with van der Waals surface area (Å²) < 4.78 is 26.4. The van der Waals surface area contributed by atoms with Gasteiger partial charge in [0.2, 0.25) is 0 Å². The van der Waals surface area contributed by atoms with E-state index in [0.717, 1.165) is 24.9 Å². The molecule has 0 fully saturated rings. The van der Waals surface area contributed by atoms with E-state index in [1.54, 1.807) is 0 Å². The zero-order chi connectivity index (χ0) is 13.7. The first kappa shape index (κ1) is 14.0. The first-order valence-corrected chi connectivity index (χ1v) is 7.93. The van der Waals surface area contributed by atoms with Gasteiger partial charge in [0.15, 0.2) is 0 Å². The van der Waals surface area contributed by atoms with Crippen LogP contribution in [0, 0.1) is 0 Å². The van der Waals surface area contributed by atoms with Crippen molar-refractivity contribution in [1.29, 1.82) is 0 Å². The summed E-state index contributed by atoms with van der Waals surface area (Å²) in [5.74, 6) is 0. The van der Waals surface area contributed by atoms with Crippen LogP contribution in [0.1, 0.15) is 12.0 Å². The molecule has 0 saturated carbocycles. The summed E-state index contributed by atoms with van der Waals surface area (Å²) in [5.41, 5.74) is 5.60. The number of nitrogens with one attached hydrogen (secondary N) is 1. The van der Waals surface area contributed by atoms with Gasteiger partial charge in [-0.1, -0.05) is 30.3 Å². The Morgan fingerprint density at radius 3 is 2.74 bits per heavy atom. The number of hydrogen-bond acceptors (Lipinski definition) is 5. The van der Waals surface area contributed by atoms with Crippen molar-refractivity contribution in [3.63, 3.8) is 0 Å². The van der Waals surface area contributed by atoms with Gasteiger partial charge in [-0.3, -0.25) is 4.18 Å². The Morgan fingerprint density at radius 1 is 1.32 bits per heavy atom. The molecule has 2 rings (SSSR count). The number of hydrazine groups is 1.